The first-order chi connectivity index (χ1) is 12.1. The second-order valence-corrected chi connectivity index (χ2v) is 6.27. The highest BCUT2D eigenvalue weighted by Gasteiger charge is 2.12. The molecule has 0 radical (unpaired) electrons. The molecule has 2 N–H and O–H groups in total. The number of hydrogen-bond acceptors (Lipinski definition) is 5. The summed E-state index contributed by atoms with van der Waals surface area (Å²) in [4.78, 5) is 31.7. The second-order valence-electron chi connectivity index (χ2n) is 5.43. The van der Waals surface area contributed by atoms with Crippen LogP contribution in [0.1, 0.15) is 16.1 Å². The molecular weight excluding hydrogens is 345 g/mol. The van der Waals surface area contributed by atoms with E-state index < -0.39 is 17.3 Å². The van der Waals surface area contributed by atoms with E-state index in [-0.39, 0.29) is 5.56 Å². The normalized spacial score (nSPS) is 11.2. The summed E-state index contributed by atoms with van der Waals surface area (Å²) in [5, 5.41) is 9.35. The van der Waals surface area contributed by atoms with Crippen molar-refractivity contribution >= 4 is 33.1 Å². The summed E-state index contributed by atoms with van der Waals surface area (Å²) in [6.45, 7) is 0.353. The lowest BCUT2D eigenvalue weighted by Crippen LogP contribution is -2.31. The van der Waals surface area contributed by atoms with Crippen LogP contribution in [0.3, 0.4) is 0 Å². The van der Waals surface area contributed by atoms with Crippen LogP contribution in [0, 0.1) is 5.82 Å². The van der Waals surface area contributed by atoms with Gasteiger partial charge in [0, 0.05) is 18.3 Å². The van der Waals surface area contributed by atoms with Crippen LogP contribution in [0.15, 0.2) is 40.8 Å². The zero-order chi connectivity index (χ0) is 17.4. The first kappa shape index (κ1) is 15.5. The van der Waals surface area contributed by atoms with Crippen molar-refractivity contribution in [3.63, 3.8) is 0 Å². The van der Waals surface area contributed by atoms with Crippen molar-refractivity contribution < 1.29 is 9.18 Å². The number of benzene rings is 1. The number of rotatable bonds is 4. The number of H-pyrrole nitrogens is 1. The second kappa shape index (κ2) is 6.10. The van der Waals surface area contributed by atoms with Crippen LogP contribution in [0.4, 0.5) is 4.39 Å². The lowest BCUT2D eigenvalue weighted by molar-refractivity contribution is 0.0952. The van der Waals surface area contributed by atoms with Crippen molar-refractivity contribution in [1.29, 1.82) is 0 Å². The lowest BCUT2D eigenvalue weighted by atomic mass is 10.1. The Morgan fingerprint density at radius 3 is 3.12 bits per heavy atom. The molecule has 1 amide bonds. The van der Waals surface area contributed by atoms with Gasteiger partial charge in [-0.1, -0.05) is 0 Å². The Balaban J connectivity index is 1.50. The number of thiazole rings is 1. The molecule has 4 rings (SSSR count). The lowest BCUT2D eigenvalue weighted by Gasteiger charge is -2.05. The van der Waals surface area contributed by atoms with Crippen LogP contribution in [0.5, 0.6) is 0 Å². The van der Waals surface area contributed by atoms with Gasteiger partial charge in [0.2, 0.25) is 4.96 Å². The van der Waals surface area contributed by atoms with E-state index in [0.29, 0.717) is 23.9 Å². The first-order valence-electron chi connectivity index (χ1n) is 7.49. The molecule has 1 aromatic carbocycles. The number of fused-ring (bicyclic) bond motifs is 2. The molecule has 25 heavy (non-hydrogen) atoms. The largest absolute Gasteiger partial charge is 0.351 e. The van der Waals surface area contributed by atoms with E-state index in [1.54, 1.807) is 4.52 Å². The van der Waals surface area contributed by atoms with E-state index in [9.17, 15) is 14.0 Å². The Kier molecular flexibility index (Phi) is 3.77. The third kappa shape index (κ3) is 2.89. The monoisotopic (exact) mass is 357 g/mol. The quantitative estimate of drug-likeness (QED) is 0.582. The number of aromatic amines is 1. The van der Waals surface area contributed by atoms with E-state index in [2.05, 4.69) is 20.4 Å². The summed E-state index contributed by atoms with van der Waals surface area (Å²) in [5.41, 5.74) is 0.731. The Bertz CT molecular complexity index is 1150. The number of hydrogen-bond donors (Lipinski definition) is 2. The molecule has 0 saturated heterocycles. The summed E-state index contributed by atoms with van der Waals surface area (Å²) in [6.07, 6.45) is 2.04. The van der Waals surface area contributed by atoms with E-state index in [1.165, 1.54) is 41.9 Å². The van der Waals surface area contributed by atoms with E-state index in [1.807, 2.05) is 5.38 Å². The van der Waals surface area contributed by atoms with Gasteiger partial charge >= 0.3 is 0 Å². The van der Waals surface area contributed by atoms with Gasteiger partial charge in [0.1, 0.15) is 17.7 Å². The molecule has 4 aromatic rings. The molecule has 0 unspecified atom stereocenters. The molecule has 0 spiro atoms. The Hall–Kier alpha value is -3.07. The molecule has 0 saturated carbocycles. The fraction of sp³-hybridized carbons (Fsp3) is 0.125. The standard InChI is InChI=1S/C16H12FN5O2S/c17-10-2-1-9-5-12(15(24)21-13(9)6-10)14(23)18-4-3-11-7-25-16-19-8-20-22(11)16/h1-2,5-8H,3-4H2,(H,18,23)(H,21,24). The summed E-state index contributed by atoms with van der Waals surface area (Å²) < 4.78 is 14.9. The average molecular weight is 357 g/mol. The number of carbonyl (C=O) groups excluding carboxylic acids is 1. The number of pyridine rings is 1. The maximum Gasteiger partial charge on any atom is 0.261 e. The fourth-order valence-corrected chi connectivity index (χ4v) is 3.42. The van der Waals surface area contributed by atoms with Crippen LogP contribution < -0.4 is 10.9 Å². The van der Waals surface area contributed by atoms with Crippen LogP contribution in [0.25, 0.3) is 15.9 Å². The van der Waals surface area contributed by atoms with E-state index in [4.69, 9.17) is 0 Å². The highest BCUT2D eigenvalue weighted by molar-refractivity contribution is 7.15. The Labute approximate surface area is 144 Å². The van der Waals surface area contributed by atoms with Crippen LogP contribution in [0.2, 0.25) is 0 Å². The molecular formula is C16H12FN5O2S. The number of carbonyl (C=O) groups is 1. The fourth-order valence-electron chi connectivity index (χ4n) is 2.59. The predicted molar refractivity (Wildman–Crippen MR) is 91.4 cm³/mol. The predicted octanol–water partition coefficient (Wildman–Crippen LogP) is 1.74. The molecule has 0 bridgehead atoms. The highest BCUT2D eigenvalue weighted by Crippen LogP contribution is 2.14. The number of halogens is 1. The van der Waals surface area contributed by atoms with Crippen molar-refractivity contribution in [3.05, 3.63) is 63.4 Å². The van der Waals surface area contributed by atoms with Gasteiger partial charge in [0.25, 0.3) is 11.5 Å². The molecule has 0 aliphatic carbocycles. The van der Waals surface area contributed by atoms with Gasteiger partial charge in [-0.25, -0.2) is 13.9 Å². The molecule has 0 aliphatic rings. The van der Waals surface area contributed by atoms with Crippen molar-refractivity contribution in [2.45, 2.75) is 6.42 Å². The van der Waals surface area contributed by atoms with Gasteiger partial charge < -0.3 is 10.3 Å². The van der Waals surface area contributed by atoms with Gasteiger partial charge in [-0.05, 0) is 29.7 Å². The molecule has 0 fully saturated rings. The van der Waals surface area contributed by atoms with Gasteiger partial charge in [0.15, 0.2) is 0 Å². The molecule has 7 nitrogen and oxygen atoms in total. The zero-order valence-corrected chi connectivity index (χ0v) is 13.6. The topological polar surface area (TPSA) is 92.2 Å². The summed E-state index contributed by atoms with van der Waals surface area (Å²) in [7, 11) is 0. The number of nitrogens with one attached hydrogen (secondary N) is 2. The molecule has 126 valence electrons. The minimum Gasteiger partial charge on any atom is -0.351 e. The van der Waals surface area contributed by atoms with Crippen molar-refractivity contribution in [1.82, 2.24) is 24.9 Å². The number of amides is 1. The average Bonchev–Trinajstić information content (AvgIpc) is 3.18. The van der Waals surface area contributed by atoms with Crippen molar-refractivity contribution in [3.8, 4) is 0 Å². The minimum absolute atomic E-state index is 0.00432. The van der Waals surface area contributed by atoms with Gasteiger partial charge in [-0.15, -0.1) is 11.3 Å². The van der Waals surface area contributed by atoms with Crippen molar-refractivity contribution in [2.75, 3.05) is 6.54 Å². The van der Waals surface area contributed by atoms with Gasteiger partial charge in [-0.2, -0.15) is 5.10 Å². The SMILES string of the molecule is O=C(NCCc1csc2ncnn12)c1cc2ccc(F)cc2[nH]c1=O. The number of nitrogens with zero attached hydrogens (tertiary/aromatic N) is 3. The van der Waals surface area contributed by atoms with Gasteiger partial charge in [0.05, 0.1) is 11.2 Å². The molecule has 0 aliphatic heterocycles. The first-order valence-corrected chi connectivity index (χ1v) is 8.37. The summed E-state index contributed by atoms with van der Waals surface area (Å²) in [6, 6.07) is 5.48. The maximum absolute atomic E-state index is 13.2. The number of aromatic nitrogens is 4. The Morgan fingerprint density at radius 1 is 1.36 bits per heavy atom. The Morgan fingerprint density at radius 2 is 2.24 bits per heavy atom. The van der Waals surface area contributed by atoms with E-state index in [0.717, 1.165) is 10.7 Å². The van der Waals surface area contributed by atoms with Crippen LogP contribution in [-0.2, 0) is 6.42 Å². The van der Waals surface area contributed by atoms with Crippen LogP contribution in [-0.4, -0.2) is 32.0 Å². The van der Waals surface area contributed by atoms with E-state index >= 15 is 0 Å². The molecule has 9 heteroatoms. The third-order valence-electron chi connectivity index (χ3n) is 3.81. The smallest absolute Gasteiger partial charge is 0.261 e. The maximum atomic E-state index is 13.2. The summed E-state index contributed by atoms with van der Waals surface area (Å²) >= 11 is 1.47. The highest BCUT2D eigenvalue weighted by atomic mass is 32.1. The zero-order valence-electron chi connectivity index (χ0n) is 12.8. The summed E-state index contributed by atoms with van der Waals surface area (Å²) in [5.74, 6) is -0.923. The van der Waals surface area contributed by atoms with Gasteiger partial charge in [-0.3, -0.25) is 9.59 Å². The third-order valence-corrected chi connectivity index (χ3v) is 4.69. The minimum atomic E-state index is -0.551. The molecule has 3 heterocycles. The van der Waals surface area contributed by atoms with Crippen LogP contribution >= 0.6 is 11.3 Å². The molecule has 3 aromatic heterocycles. The van der Waals surface area contributed by atoms with Crippen molar-refractivity contribution in [2.24, 2.45) is 0 Å². The molecule has 0 atom stereocenters.